The second kappa shape index (κ2) is 6.97. The van der Waals surface area contributed by atoms with Crippen LogP contribution in [0.2, 0.25) is 0 Å². The Morgan fingerprint density at radius 2 is 2.00 bits per heavy atom. The Morgan fingerprint density at radius 3 is 2.62 bits per heavy atom. The van der Waals surface area contributed by atoms with Crippen LogP contribution in [0.3, 0.4) is 0 Å². The van der Waals surface area contributed by atoms with Crippen molar-refractivity contribution in [2.45, 2.75) is 77.2 Å². The zero-order valence-electron chi connectivity index (χ0n) is 13.8. The number of hydrogen-bond donors (Lipinski definition) is 2. The zero-order valence-corrected chi connectivity index (χ0v) is 13.8. The highest BCUT2D eigenvalue weighted by Gasteiger charge is 2.33. The molecule has 0 aromatic carbocycles. The molecule has 2 atom stereocenters. The van der Waals surface area contributed by atoms with Crippen LogP contribution in [0, 0.1) is 5.92 Å². The van der Waals surface area contributed by atoms with E-state index in [4.69, 9.17) is 9.47 Å². The number of ether oxygens (including phenoxy) is 2. The van der Waals surface area contributed by atoms with E-state index in [1.165, 1.54) is 0 Å². The molecule has 0 bridgehead atoms. The van der Waals surface area contributed by atoms with E-state index in [9.17, 15) is 4.79 Å². The van der Waals surface area contributed by atoms with Crippen molar-refractivity contribution in [1.82, 2.24) is 10.6 Å². The first-order valence-electron chi connectivity index (χ1n) is 8.22. The second-order valence-corrected chi connectivity index (χ2v) is 7.29. The lowest BCUT2D eigenvalue weighted by Crippen LogP contribution is -2.54. The Hall–Kier alpha value is -0.810. The van der Waals surface area contributed by atoms with E-state index >= 15 is 0 Å². The fourth-order valence-electron chi connectivity index (χ4n) is 3.07. The molecule has 21 heavy (non-hydrogen) atoms. The van der Waals surface area contributed by atoms with Gasteiger partial charge in [0.25, 0.3) is 0 Å². The molecule has 0 aromatic rings. The van der Waals surface area contributed by atoms with Crippen molar-refractivity contribution in [3.8, 4) is 0 Å². The first-order valence-corrected chi connectivity index (χ1v) is 8.22. The molecular formula is C16H30N2O3. The number of nitrogens with one attached hydrogen (secondary N) is 2. The topological polar surface area (TPSA) is 59.6 Å². The molecule has 5 heteroatoms. The van der Waals surface area contributed by atoms with Gasteiger partial charge in [0.2, 0.25) is 0 Å². The molecule has 1 aliphatic heterocycles. The van der Waals surface area contributed by atoms with Gasteiger partial charge >= 0.3 is 6.09 Å². The highest BCUT2D eigenvalue weighted by Crippen LogP contribution is 2.25. The summed E-state index contributed by atoms with van der Waals surface area (Å²) >= 11 is 0. The Balaban J connectivity index is 1.58. The monoisotopic (exact) mass is 298 g/mol. The van der Waals surface area contributed by atoms with Gasteiger partial charge in [0.1, 0.15) is 5.60 Å². The average molecular weight is 298 g/mol. The first kappa shape index (κ1) is 16.6. The maximum absolute atomic E-state index is 11.6. The third-order valence-corrected chi connectivity index (χ3v) is 4.28. The summed E-state index contributed by atoms with van der Waals surface area (Å²) in [5, 5.41) is 6.53. The molecular weight excluding hydrogens is 268 g/mol. The van der Waals surface area contributed by atoms with Crippen molar-refractivity contribution in [3.63, 3.8) is 0 Å². The van der Waals surface area contributed by atoms with Gasteiger partial charge in [0.15, 0.2) is 0 Å². The first-order chi connectivity index (χ1) is 9.87. The SMILES string of the molecule is CCC1OCCC1CNC1CC(NC(=O)OC(C)(C)C)C1. The molecule has 1 heterocycles. The average Bonchev–Trinajstić information content (AvgIpc) is 2.76. The molecule has 5 nitrogen and oxygen atoms in total. The van der Waals surface area contributed by atoms with Crippen LogP contribution in [0.15, 0.2) is 0 Å². The fourth-order valence-corrected chi connectivity index (χ4v) is 3.07. The van der Waals surface area contributed by atoms with Crippen LogP contribution in [0.25, 0.3) is 0 Å². The molecule has 2 unspecified atom stereocenters. The summed E-state index contributed by atoms with van der Waals surface area (Å²) in [5.41, 5.74) is -0.427. The van der Waals surface area contributed by atoms with Crippen molar-refractivity contribution < 1.29 is 14.3 Å². The summed E-state index contributed by atoms with van der Waals surface area (Å²) in [5.74, 6) is 0.646. The standard InChI is InChI=1S/C16H30N2O3/c1-5-14-11(6-7-20-14)10-17-12-8-13(9-12)18-15(19)21-16(2,3)4/h11-14,17H,5-10H2,1-4H3,(H,18,19). The minimum Gasteiger partial charge on any atom is -0.444 e. The molecule has 0 aromatic heterocycles. The van der Waals surface area contributed by atoms with Gasteiger partial charge in [-0.25, -0.2) is 4.79 Å². The van der Waals surface area contributed by atoms with Gasteiger partial charge in [-0.05, 0) is 52.4 Å². The summed E-state index contributed by atoms with van der Waals surface area (Å²) in [6, 6.07) is 0.766. The predicted octanol–water partition coefficient (Wildman–Crippen LogP) is 2.45. The highest BCUT2D eigenvalue weighted by molar-refractivity contribution is 5.68. The summed E-state index contributed by atoms with van der Waals surface area (Å²) in [6.45, 7) is 9.76. The second-order valence-electron chi connectivity index (χ2n) is 7.29. The van der Waals surface area contributed by atoms with Crippen LogP contribution >= 0.6 is 0 Å². The van der Waals surface area contributed by atoms with Gasteiger partial charge < -0.3 is 20.1 Å². The summed E-state index contributed by atoms with van der Waals surface area (Å²) in [7, 11) is 0. The van der Waals surface area contributed by atoms with Crippen LogP contribution in [0.5, 0.6) is 0 Å². The Labute approximate surface area is 128 Å². The van der Waals surface area contributed by atoms with Gasteiger partial charge in [-0.15, -0.1) is 0 Å². The van der Waals surface area contributed by atoms with Gasteiger partial charge in [-0.2, -0.15) is 0 Å². The Bertz CT molecular complexity index is 348. The van der Waals surface area contributed by atoms with Crippen LogP contribution < -0.4 is 10.6 Å². The van der Waals surface area contributed by atoms with Crippen LogP contribution in [0.1, 0.15) is 53.4 Å². The summed E-state index contributed by atoms with van der Waals surface area (Å²) in [4.78, 5) is 11.6. The molecule has 1 aliphatic carbocycles. The lowest BCUT2D eigenvalue weighted by molar-refractivity contribution is 0.0462. The molecule has 0 spiro atoms. The molecule has 2 rings (SSSR count). The largest absolute Gasteiger partial charge is 0.444 e. The minimum absolute atomic E-state index is 0.249. The van der Waals surface area contributed by atoms with E-state index < -0.39 is 5.60 Å². The van der Waals surface area contributed by atoms with Crippen molar-refractivity contribution in [1.29, 1.82) is 0 Å². The van der Waals surface area contributed by atoms with Crippen LogP contribution in [-0.2, 0) is 9.47 Å². The van der Waals surface area contributed by atoms with E-state index in [0.717, 1.165) is 38.8 Å². The summed E-state index contributed by atoms with van der Waals surface area (Å²) < 4.78 is 11.0. The molecule has 1 amide bonds. The quantitative estimate of drug-likeness (QED) is 0.818. The van der Waals surface area contributed by atoms with Gasteiger partial charge in [-0.3, -0.25) is 0 Å². The van der Waals surface area contributed by atoms with Crippen LogP contribution in [0.4, 0.5) is 4.79 Å². The van der Waals surface area contributed by atoms with Crippen molar-refractivity contribution in [2.75, 3.05) is 13.2 Å². The Kier molecular flexibility index (Phi) is 5.49. The number of carbonyl (C=O) groups is 1. The fraction of sp³-hybridized carbons (Fsp3) is 0.938. The molecule has 2 fully saturated rings. The lowest BCUT2D eigenvalue weighted by atomic mass is 9.86. The number of rotatable bonds is 5. The van der Waals surface area contributed by atoms with E-state index in [1.54, 1.807) is 0 Å². The van der Waals surface area contributed by atoms with Crippen molar-refractivity contribution in [3.05, 3.63) is 0 Å². The van der Waals surface area contributed by atoms with Crippen molar-refractivity contribution in [2.24, 2.45) is 5.92 Å². The van der Waals surface area contributed by atoms with Crippen LogP contribution in [-0.4, -0.2) is 43.0 Å². The lowest BCUT2D eigenvalue weighted by Gasteiger charge is -2.37. The zero-order chi connectivity index (χ0) is 15.5. The third-order valence-electron chi connectivity index (χ3n) is 4.28. The maximum Gasteiger partial charge on any atom is 0.407 e. The van der Waals surface area contributed by atoms with Gasteiger partial charge in [-0.1, -0.05) is 6.92 Å². The molecule has 0 radical (unpaired) electrons. The Morgan fingerprint density at radius 1 is 1.29 bits per heavy atom. The van der Waals surface area contributed by atoms with E-state index in [1.807, 2.05) is 20.8 Å². The molecule has 2 N–H and O–H groups in total. The summed E-state index contributed by atoms with van der Waals surface area (Å²) in [6.07, 6.45) is 4.36. The van der Waals surface area contributed by atoms with E-state index in [0.29, 0.717) is 18.1 Å². The number of amides is 1. The number of hydrogen-bond acceptors (Lipinski definition) is 4. The maximum atomic E-state index is 11.6. The van der Waals surface area contributed by atoms with Gasteiger partial charge in [0.05, 0.1) is 6.10 Å². The highest BCUT2D eigenvalue weighted by atomic mass is 16.6. The molecule has 122 valence electrons. The van der Waals surface area contributed by atoms with Crippen molar-refractivity contribution >= 4 is 6.09 Å². The smallest absolute Gasteiger partial charge is 0.407 e. The van der Waals surface area contributed by atoms with E-state index in [-0.39, 0.29) is 12.1 Å². The third kappa shape index (κ3) is 5.15. The number of carbonyl (C=O) groups excluding carboxylic acids is 1. The predicted molar refractivity (Wildman–Crippen MR) is 82.3 cm³/mol. The normalized spacial score (nSPS) is 32.6. The molecule has 2 aliphatic rings. The van der Waals surface area contributed by atoms with Gasteiger partial charge in [0, 0.05) is 25.2 Å². The molecule has 1 saturated heterocycles. The molecule has 1 saturated carbocycles. The van der Waals surface area contributed by atoms with E-state index in [2.05, 4.69) is 17.6 Å². The number of alkyl carbamates (subject to hydrolysis) is 1. The minimum atomic E-state index is -0.427.